The Labute approximate surface area is 120 Å². The van der Waals surface area contributed by atoms with E-state index in [1.54, 1.807) is 6.07 Å². The molecule has 1 atom stereocenters. The van der Waals surface area contributed by atoms with Crippen molar-refractivity contribution in [3.05, 3.63) is 23.7 Å². The van der Waals surface area contributed by atoms with E-state index >= 15 is 0 Å². The predicted molar refractivity (Wildman–Crippen MR) is 76.8 cm³/mol. The van der Waals surface area contributed by atoms with Gasteiger partial charge in [0.1, 0.15) is 18.1 Å². The average Bonchev–Trinajstić information content (AvgIpc) is 2.74. The highest BCUT2D eigenvalue weighted by Gasteiger charge is 2.30. The second kappa shape index (κ2) is 6.00. The first kappa shape index (κ1) is 15.1. The molecule has 4 nitrogen and oxygen atoms in total. The monoisotopic (exact) mass is 279 g/mol. The van der Waals surface area contributed by atoms with E-state index in [4.69, 9.17) is 9.52 Å². The summed E-state index contributed by atoms with van der Waals surface area (Å²) < 4.78 is 5.47. The number of aliphatic hydroxyl groups is 1. The van der Waals surface area contributed by atoms with Crippen LogP contribution in [0, 0.1) is 11.3 Å². The molecule has 0 spiro atoms. The van der Waals surface area contributed by atoms with Crippen molar-refractivity contribution in [2.24, 2.45) is 11.3 Å². The highest BCUT2D eigenvalue weighted by molar-refractivity contribution is 5.76. The van der Waals surface area contributed by atoms with Crippen LogP contribution in [0.2, 0.25) is 0 Å². The maximum Gasteiger partial charge on any atom is 0.222 e. The molecule has 1 amide bonds. The summed E-state index contributed by atoms with van der Waals surface area (Å²) in [5.41, 5.74) is 0.255. The van der Waals surface area contributed by atoms with Crippen molar-refractivity contribution in [3.8, 4) is 0 Å². The highest BCUT2D eigenvalue weighted by Crippen LogP contribution is 2.34. The molecule has 1 N–H and O–H groups in total. The lowest BCUT2D eigenvalue weighted by Gasteiger charge is -2.29. The van der Waals surface area contributed by atoms with Gasteiger partial charge in [-0.15, -0.1) is 0 Å². The van der Waals surface area contributed by atoms with Gasteiger partial charge >= 0.3 is 0 Å². The maximum atomic E-state index is 12.2. The molecule has 112 valence electrons. The minimum Gasteiger partial charge on any atom is -0.462 e. The number of rotatable bonds is 3. The van der Waals surface area contributed by atoms with Crippen molar-refractivity contribution in [3.63, 3.8) is 0 Å². The van der Waals surface area contributed by atoms with Gasteiger partial charge in [0.15, 0.2) is 0 Å². The molecule has 2 heterocycles. The zero-order valence-corrected chi connectivity index (χ0v) is 12.7. The van der Waals surface area contributed by atoms with Crippen LogP contribution in [0.3, 0.4) is 0 Å². The van der Waals surface area contributed by atoms with Crippen molar-refractivity contribution in [2.75, 3.05) is 6.54 Å². The molecule has 0 aliphatic carbocycles. The topological polar surface area (TPSA) is 53.7 Å². The minimum absolute atomic E-state index is 0.0972. The second-order valence-electron chi connectivity index (χ2n) is 6.73. The summed E-state index contributed by atoms with van der Waals surface area (Å²) in [5, 5.41) is 9.00. The fourth-order valence-corrected chi connectivity index (χ4v) is 2.85. The van der Waals surface area contributed by atoms with Crippen molar-refractivity contribution in [1.82, 2.24) is 4.90 Å². The minimum atomic E-state index is -0.0972. The van der Waals surface area contributed by atoms with Crippen LogP contribution in [0.1, 0.15) is 51.6 Å². The zero-order chi connectivity index (χ0) is 14.8. The van der Waals surface area contributed by atoms with Gasteiger partial charge in [-0.05, 0) is 36.3 Å². The molecule has 1 saturated heterocycles. The molecule has 1 aliphatic heterocycles. The van der Waals surface area contributed by atoms with Crippen LogP contribution in [0.5, 0.6) is 0 Å². The molecule has 0 radical (unpaired) electrons. The molecule has 20 heavy (non-hydrogen) atoms. The summed E-state index contributed by atoms with van der Waals surface area (Å²) >= 11 is 0. The lowest BCUT2D eigenvalue weighted by molar-refractivity contribution is -0.131. The van der Waals surface area contributed by atoms with Crippen molar-refractivity contribution >= 4 is 5.91 Å². The lowest BCUT2D eigenvalue weighted by Crippen LogP contribution is -2.30. The van der Waals surface area contributed by atoms with Crippen LogP contribution in [0.25, 0.3) is 0 Å². The van der Waals surface area contributed by atoms with E-state index in [2.05, 4.69) is 20.8 Å². The third-order valence-corrected chi connectivity index (χ3v) is 4.25. The number of aliphatic hydroxyl groups excluding tert-OH is 1. The van der Waals surface area contributed by atoms with E-state index in [9.17, 15) is 4.79 Å². The Morgan fingerprint density at radius 1 is 1.30 bits per heavy atom. The third-order valence-electron chi connectivity index (χ3n) is 4.25. The van der Waals surface area contributed by atoms with Crippen LogP contribution in [0.4, 0.5) is 0 Å². The highest BCUT2D eigenvalue weighted by atomic mass is 16.4. The molecule has 1 fully saturated rings. The Morgan fingerprint density at radius 2 is 2.00 bits per heavy atom. The third kappa shape index (κ3) is 3.63. The number of hydrogen-bond acceptors (Lipinski definition) is 3. The molecular weight excluding hydrogens is 254 g/mol. The molecule has 2 rings (SSSR count). The normalized spacial score (nSPS) is 21.1. The first-order chi connectivity index (χ1) is 9.40. The SMILES string of the molecule is CC(C)(C)C1CCC(=O)N(Cc2ccc(CO)o2)CC1. The number of amides is 1. The van der Waals surface area contributed by atoms with Crippen LogP contribution >= 0.6 is 0 Å². The van der Waals surface area contributed by atoms with Gasteiger partial charge in [0.2, 0.25) is 5.91 Å². The Kier molecular flexibility index (Phi) is 4.53. The molecule has 1 aliphatic rings. The predicted octanol–water partition coefficient (Wildman–Crippen LogP) is 2.95. The van der Waals surface area contributed by atoms with Crippen LogP contribution in [0.15, 0.2) is 16.5 Å². The summed E-state index contributed by atoms with van der Waals surface area (Å²) in [6.45, 7) is 7.94. The van der Waals surface area contributed by atoms with E-state index in [1.165, 1.54) is 0 Å². The molecule has 0 bridgehead atoms. The Hall–Kier alpha value is -1.29. The second-order valence-corrected chi connectivity index (χ2v) is 6.73. The molecule has 0 saturated carbocycles. The van der Waals surface area contributed by atoms with E-state index in [0.29, 0.717) is 24.6 Å². The fourth-order valence-electron chi connectivity index (χ4n) is 2.85. The molecule has 1 unspecified atom stereocenters. The van der Waals surface area contributed by atoms with E-state index in [0.717, 1.165) is 25.1 Å². The zero-order valence-electron chi connectivity index (χ0n) is 12.7. The Bertz CT molecular complexity index is 459. The van der Waals surface area contributed by atoms with Crippen LogP contribution in [-0.2, 0) is 17.9 Å². The summed E-state index contributed by atoms with van der Waals surface area (Å²) in [6, 6.07) is 3.60. The molecule has 4 heteroatoms. The van der Waals surface area contributed by atoms with Crippen molar-refractivity contribution in [2.45, 2.75) is 53.2 Å². The van der Waals surface area contributed by atoms with Gasteiger partial charge in [-0.3, -0.25) is 4.79 Å². The Morgan fingerprint density at radius 3 is 2.60 bits per heavy atom. The summed E-state index contributed by atoms with van der Waals surface area (Å²) in [4.78, 5) is 14.1. The van der Waals surface area contributed by atoms with E-state index in [-0.39, 0.29) is 17.9 Å². The van der Waals surface area contributed by atoms with Gasteiger partial charge in [0.25, 0.3) is 0 Å². The van der Waals surface area contributed by atoms with E-state index < -0.39 is 0 Å². The number of likely N-dealkylation sites (tertiary alicyclic amines) is 1. The molecular formula is C16H25NO3. The summed E-state index contributed by atoms with van der Waals surface area (Å²) in [6.07, 6.45) is 2.64. The standard InChI is InChI=1S/C16H25NO3/c1-16(2,3)12-4-7-15(19)17(9-8-12)10-13-5-6-14(11-18)20-13/h5-6,12,18H,4,7-11H2,1-3H3. The van der Waals surface area contributed by atoms with Crippen molar-refractivity contribution < 1.29 is 14.3 Å². The first-order valence-corrected chi connectivity index (χ1v) is 7.36. The Balaban J connectivity index is 2.00. The van der Waals surface area contributed by atoms with Gasteiger partial charge in [-0.1, -0.05) is 20.8 Å². The summed E-state index contributed by atoms with van der Waals surface area (Å²) in [7, 11) is 0. The summed E-state index contributed by atoms with van der Waals surface area (Å²) in [5.74, 6) is 2.09. The average molecular weight is 279 g/mol. The van der Waals surface area contributed by atoms with Gasteiger partial charge in [0, 0.05) is 13.0 Å². The number of hydrogen-bond donors (Lipinski definition) is 1. The van der Waals surface area contributed by atoms with Crippen LogP contribution < -0.4 is 0 Å². The fraction of sp³-hybridized carbons (Fsp3) is 0.688. The first-order valence-electron chi connectivity index (χ1n) is 7.36. The molecule has 1 aromatic heterocycles. The van der Waals surface area contributed by atoms with Gasteiger partial charge in [-0.2, -0.15) is 0 Å². The number of carbonyl (C=O) groups excluding carboxylic acids is 1. The number of nitrogens with zero attached hydrogens (tertiary/aromatic N) is 1. The maximum absolute atomic E-state index is 12.2. The number of furan rings is 1. The quantitative estimate of drug-likeness (QED) is 0.925. The number of carbonyl (C=O) groups is 1. The smallest absolute Gasteiger partial charge is 0.222 e. The van der Waals surface area contributed by atoms with Gasteiger partial charge in [-0.25, -0.2) is 0 Å². The largest absolute Gasteiger partial charge is 0.462 e. The van der Waals surface area contributed by atoms with Crippen LogP contribution in [-0.4, -0.2) is 22.5 Å². The molecule has 1 aromatic rings. The molecule has 0 aromatic carbocycles. The van der Waals surface area contributed by atoms with Gasteiger partial charge < -0.3 is 14.4 Å². The van der Waals surface area contributed by atoms with Crippen molar-refractivity contribution in [1.29, 1.82) is 0 Å². The van der Waals surface area contributed by atoms with Gasteiger partial charge in [0.05, 0.1) is 6.54 Å². The lowest BCUT2D eigenvalue weighted by atomic mass is 9.77. The van der Waals surface area contributed by atoms with E-state index in [1.807, 2.05) is 11.0 Å².